The summed E-state index contributed by atoms with van der Waals surface area (Å²) < 4.78 is 10.5. The van der Waals surface area contributed by atoms with Crippen LogP contribution in [0.5, 0.6) is 5.75 Å². The Morgan fingerprint density at radius 1 is 1.00 bits per heavy atom. The van der Waals surface area contributed by atoms with Crippen LogP contribution in [0.3, 0.4) is 0 Å². The van der Waals surface area contributed by atoms with Crippen LogP contribution < -0.4 is 10.1 Å². The van der Waals surface area contributed by atoms with Crippen LogP contribution in [0.2, 0.25) is 5.02 Å². The molecule has 3 rings (SSSR count). The lowest BCUT2D eigenvalue weighted by atomic mass is 10.1. The molecule has 1 aromatic heterocycles. The highest BCUT2D eigenvalue weighted by molar-refractivity contribution is 6.32. The van der Waals surface area contributed by atoms with Crippen molar-refractivity contribution in [1.29, 1.82) is 0 Å². The first-order valence-electron chi connectivity index (χ1n) is 7.98. The average Bonchev–Trinajstić information content (AvgIpc) is 3.19. The van der Waals surface area contributed by atoms with Gasteiger partial charge in [-0.05, 0) is 29.8 Å². The van der Waals surface area contributed by atoms with Crippen LogP contribution >= 0.6 is 11.6 Å². The summed E-state index contributed by atoms with van der Waals surface area (Å²) in [5.74, 6) is -0.744. The van der Waals surface area contributed by atoms with Gasteiger partial charge in [-0.2, -0.15) is 0 Å². The molecule has 1 amide bonds. The number of esters is 1. The molecular formula is C20H16ClNO4. The van der Waals surface area contributed by atoms with Gasteiger partial charge in [-0.15, -0.1) is 0 Å². The van der Waals surface area contributed by atoms with Gasteiger partial charge in [0, 0.05) is 6.42 Å². The fraction of sp³-hybridized carbons (Fsp3) is 0.100. The lowest BCUT2D eigenvalue weighted by Crippen LogP contribution is -2.44. The van der Waals surface area contributed by atoms with Crippen LogP contribution in [-0.2, 0) is 11.2 Å². The molecule has 1 N–H and O–H groups in total. The predicted octanol–water partition coefficient (Wildman–Crippen LogP) is 3.88. The second-order valence-electron chi connectivity index (χ2n) is 5.54. The van der Waals surface area contributed by atoms with Crippen LogP contribution in [-0.4, -0.2) is 17.9 Å². The maximum atomic E-state index is 12.6. The third-order valence-corrected chi connectivity index (χ3v) is 3.98. The van der Waals surface area contributed by atoms with E-state index in [4.69, 9.17) is 20.8 Å². The zero-order valence-corrected chi connectivity index (χ0v) is 14.5. The summed E-state index contributed by atoms with van der Waals surface area (Å²) >= 11 is 6.04. The molecule has 0 radical (unpaired) electrons. The number of hydrogen-bond donors (Lipinski definition) is 1. The number of ether oxygens (including phenoxy) is 1. The van der Waals surface area contributed by atoms with Crippen molar-refractivity contribution in [1.82, 2.24) is 5.32 Å². The molecule has 5 nitrogen and oxygen atoms in total. The Morgan fingerprint density at radius 3 is 2.42 bits per heavy atom. The lowest BCUT2D eigenvalue weighted by Gasteiger charge is -2.17. The SMILES string of the molecule is O=C(NC(Cc1ccccc1)C(=O)Oc1ccccc1Cl)c1ccco1. The normalized spacial score (nSPS) is 11.6. The van der Waals surface area contributed by atoms with Crippen molar-refractivity contribution >= 4 is 23.5 Å². The number of nitrogens with one attached hydrogen (secondary N) is 1. The Morgan fingerprint density at radius 2 is 1.73 bits per heavy atom. The molecule has 0 saturated heterocycles. The first-order valence-corrected chi connectivity index (χ1v) is 8.36. The molecule has 0 spiro atoms. The van der Waals surface area contributed by atoms with Crippen molar-refractivity contribution in [2.24, 2.45) is 0 Å². The topological polar surface area (TPSA) is 68.5 Å². The number of halogens is 1. The van der Waals surface area contributed by atoms with Gasteiger partial charge in [0.2, 0.25) is 0 Å². The van der Waals surface area contributed by atoms with Gasteiger partial charge in [-0.3, -0.25) is 4.79 Å². The highest BCUT2D eigenvalue weighted by Crippen LogP contribution is 2.23. The minimum Gasteiger partial charge on any atom is -0.459 e. The number of hydrogen-bond acceptors (Lipinski definition) is 4. The highest BCUT2D eigenvalue weighted by Gasteiger charge is 2.25. The van der Waals surface area contributed by atoms with E-state index in [-0.39, 0.29) is 17.9 Å². The van der Waals surface area contributed by atoms with E-state index in [1.165, 1.54) is 12.3 Å². The van der Waals surface area contributed by atoms with E-state index >= 15 is 0 Å². The number of furan rings is 1. The molecule has 26 heavy (non-hydrogen) atoms. The maximum absolute atomic E-state index is 12.6. The quantitative estimate of drug-likeness (QED) is 0.529. The summed E-state index contributed by atoms with van der Waals surface area (Å²) in [5, 5.41) is 2.97. The smallest absolute Gasteiger partial charge is 0.334 e. The van der Waals surface area contributed by atoms with Gasteiger partial charge in [0.1, 0.15) is 11.8 Å². The van der Waals surface area contributed by atoms with Gasteiger partial charge in [0.05, 0.1) is 11.3 Å². The third kappa shape index (κ3) is 4.52. The van der Waals surface area contributed by atoms with E-state index in [1.54, 1.807) is 30.3 Å². The van der Waals surface area contributed by atoms with Gasteiger partial charge in [0.25, 0.3) is 5.91 Å². The van der Waals surface area contributed by atoms with Crippen molar-refractivity contribution in [3.8, 4) is 5.75 Å². The van der Waals surface area contributed by atoms with E-state index in [0.717, 1.165) is 5.56 Å². The minimum absolute atomic E-state index is 0.119. The molecule has 0 aliphatic rings. The number of para-hydroxylation sites is 1. The molecule has 0 saturated carbocycles. The summed E-state index contributed by atoms with van der Waals surface area (Å²) in [5.41, 5.74) is 0.883. The molecule has 0 fully saturated rings. The first kappa shape index (κ1) is 17.8. The Labute approximate surface area is 155 Å². The summed E-state index contributed by atoms with van der Waals surface area (Å²) in [6.07, 6.45) is 1.67. The number of amides is 1. The van der Waals surface area contributed by atoms with E-state index < -0.39 is 17.9 Å². The Balaban J connectivity index is 1.78. The molecular weight excluding hydrogens is 354 g/mol. The van der Waals surface area contributed by atoms with Crippen molar-refractivity contribution in [3.63, 3.8) is 0 Å². The van der Waals surface area contributed by atoms with Crippen LogP contribution in [0, 0.1) is 0 Å². The standard InChI is InChI=1S/C20H16ClNO4/c21-15-9-4-5-10-17(15)26-20(24)16(13-14-7-2-1-3-8-14)22-19(23)18-11-6-12-25-18/h1-12,16H,13H2,(H,22,23). The average molecular weight is 370 g/mol. The fourth-order valence-corrected chi connectivity index (χ4v) is 2.56. The fourth-order valence-electron chi connectivity index (χ4n) is 2.39. The molecule has 0 aliphatic carbocycles. The summed E-state index contributed by atoms with van der Waals surface area (Å²) in [6.45, 7) is 0. The summed E-state index contributed by atoms with van der Waals surface area (Å²) in [6, 6.07) is 18.2. The van der Waals surface area contributed by atoms with E-state index in [9.17, 15) is 9.59 Å². The second-order valence-corrected chi connectivity index (χ2v) is 5.95. The van der Waals surface area contributed by atoms with Gasteiger partial charge >= 0.3 is 5.97 Å². The van der Waals surface area contributed by atoms with Gasteiger partial charge in [0.15, 0.2) is 5.76 Å². The van der Waals surface area contributed by atoms with Crippen molar-refractivity contribution in [2.75, 3.05) is 0 Å². The third-order valence-electron chi connectivity index (χ3n) is 3.66. The van der Waals surface area contributed by atoms with Gasteiger partial charge in [-0.1, -0.05) is 54.1 Å². The number of benzene rings is 2. The van der Waals surface area contributed by atoms with E-state index in [0.29, 0.717) is 5.02 Å². The molecule has 1 heterocycles. The largest absolute Gasteiger partial charge is 0.459 e. The molecule has 132 valence electrons. The molecule has 1 atom stereocenters. The number of rotatable bonds is 6. The first-order chi connectivity index (χ1) is 12.6. The molecule has 0 bridgehead atoms. The zero-order chi connectivity index (χ0) is 18.4. The van der Waals surface area contributed by atoms with Crippen molar-refractivity contribution in [2.45, 2.75) is 12.5 Å². The lowest BCUT2D eigenvalue weighted by molar-refractivity contribution is -0.136. The van der Waals surface area contributed by atoms with Crippen LogP contribution in [0.25, 0.3) is 0 Å². The Bertz CT molecular complexity index is 878. The Kier molecular flexibility index (Phi) is 5.71. The van der Waals surface area contributed by atoms with Gasteiger partial charge in [-0.25, -0.2) is 4.79 Å². The van der Waals surface area contributed by atoms with Crippen molar-refractivity contribution in [3.05, 3.63) is 89.3 Å². The summed E-state index contributed by atoms with van der Waals surface area (Å²) in [4.78, 5) is 24.9. The highest BCUT2D eigenvalue weighted by atomic mass is 35.5. The van der Waals surface area contributed by atoms with Crippen LogP contribution in [0.1, 0.15) is 16.1 Å². The van der Waals surface area contributed by atoms with Crippen molar-refractivity contribution < 1.29 is 18.7 Å². The van der Waals surface area contributed by atoms with E-state index in [2.05, 4.69) is 5.32 Å². The maximum Gasteiger partial charge on any atom is 0.334 e. The zero-order valence-electron chi connectivity index (χ0n) is 13.7. The second kappa shape index (κ2) is 8.36. The minimum atomic E-state index is -0.897. The Hall–Kier alpha value is -3.05. The molecule has 1 unspecified atom stereocenters. The molecule has 2 aromatic carbocycles. The molecule has 3 aromatic rings. The molecule has 6 heteroatoms. The predicted molar refractivity (Wildman–Crippen MR) is 97.2 cm³/mol. The van der Waals surface area contributed by atoms with Crippen LogP contribution in [0.4, 0.5) is 0 Å². The number of carbonyl (C=O) groups excluding carboxylic acids is 2. The van der Waals surface area contributed by atoms with Crippen LogP contribution in [0.15, 0.2) is 77.4 Å². The van der Waals surface area contributed by atoms with E-state index in [1.807, 2.05) is 30.3 Å². The summed E-state index contributed by atoms with van der Waals surface area (Å²) in [7, 11) is 0. The number of carbonyl (C=O) groups is 2. The molecule has 0 aliphatic heterocycles. The monoisotopic (exact) mass is 369 g/mol. The van der Waals surface area contributed by atoms with Gasteiger partial charge < -0.3 is 14.5 Å².